The van der Waals surface area contributed by atoms with Gasteiger partial charge in [0.05, 0.1) is 19.3 Å². The van der Waals surface area contributed by atoms with E-state index in [1.54, 1.807) is 43.5 Å². The topological polar surface area (TPSA) is 61.9 Å². The number of hydrogen-bond donors (Lipinski definition) is 1. The SMILES string of the molecule is COc1ccc(NC(=O)N2CCS[C@@]23C(=O)N(Cc2cccc(F)c2)c2ccc(F)cc23)cc1. The van der Waals surface area contributed by atoms with E-state index in [9.17, 15) is 18.4 Å². The van der Waals surface area contributed by atoms with Gasteiger partial charge in [-0.05, 0) is 60.2 Å². The Morgan fingerprint density at radius 2 is 1.85 bits per heavy atom. The minimum absolute atomic E-state index is 0.103. The van der Waals surface area contributed by atoms with Crippen LogP contribution in [0.5, 0.6) is 5.75 Å². The highest BCUT2D eigenvalue weighted by molar-refractivity contribution is 8.01. The number of hydrogen-bond acceptors (Lipinski definition) is 4. The number of amides is 3. The van der Waals surface area contributed by atoms with Gasteiger partial charge in [-0.3, -0.25) is 9.69 Å². The predicted molar refractivity (Wildman–Crippen MR) is 127 cm³/mol. The molecule has 1 saturated heterocycles. The predicted octanol–water partition coefficient (Wildman–Crippen LogP) is 4.95. The van der Waals surface area contributed by atoms with Crippen LogP contribution in [0.2, 0.25) is 0 Å². The number of ether oxygens (including phenoxy) is 1. The van der Waals surface area contributed by atoms with Crippen molar-refractivity contribution in [3.05, 3.63) is 89.5 Å². The van der Waals surface area contributed by atoms with Gasteiger partial charge in [0.1, 0.15) is 17.4 Å². The molecule has 6 nitrogen and oxygen atoms in total. The van der Waals surface area contributed by atoms with E-state index in [1.165, 1.54) is 51.9 Å². The van der Waals surface area contributed by atoms with E-state index in [4.69, 9.17) is 4.74 Å². The van der Waals surface area contributed by atoms with Gasteiger partial charge in [0.2, 0.25) is 0 Å². The normalized spacial score (nSPS) is 19.0. The summed E-state index contributed by atoms with van der Waals surface area (Å²) in [4.78, 5) is 28.8. The van der Waals surface area contributed by atoms with Crippen LogP contribution < -0.4 is 15.0 Å². The fraction of sp³-hybridized carbons (Fsp3) is 0.200. The lowest BCUT2D eigenvalue weighted by Gasteiger charge is -2.33. The Kier molecular flexibility index (Phi) is 5.65. The summed E-state index contributed by atoms with van der Waals surface area (Å²) in [5.41, 5.74) is 2.06. The van der Waals surface area contributed by atoms with Crippen LogP contribution in [-0.4, -0.2) is 36.2 Å². The molecule has 2 aliphatic heterocycles. The maximum atomic E-state index is 14.4. The first-order valence-corrected chi connectivity index (χ1v) is 11.6. The summed E-state index contributed by atoms with van der Waals surface area (Å²) in [5.74, 6) is -0.110. The molecule has 3 amide bonds. The summed E-state index contributed by atoms with van der Waals surface area (Å²) in [5, 5.41) is 2.83. The molecule has 174 valence electrons. The molecule has 1 spiro atoms. The summed E-state index contributed by atoms with van der Waals surface area (Å²) < 4.78 is 33.3. The zero-order chi connectivity index (χ0) is 23.9. The van der Waals surface area contributed by atoms with Gasteiger partial charge < -0.3 is 15.0 Å². The standard InChI is InChI=1S/C25H21F2N3O3S/c1-33-20-8-6-19(7-9-20)28-24(32)30-11-12-34-25(30)21-14-18(27)5-10-22(21)29(23(25)31)15-16-3-2-4-17(26)13-16/h2-10,13-14H,11-12,15H2,1H3,(H,28,32)/t25-/m0/s1. The minimum atomic E-state index is -1.40. The van der Waals surface area contributed by atoms with Gasteiger partial charge in [-0.15, -0.1) is 11.8 Å². The summed E-state index contributed by atoms with van der Waals surface area (Å²) in [7, 11) is 1.55. The first kappa shape index (κ1) is 22.2. The van der Waals surface area contributed by atoms with Crippen molar-refractivity contribution < 1.29 is 23.1 Å². The fourth-order valence-corrected chi connectivity index (χ4v) is 5.88. The fourth-order valence-electron chi connectivity index (χ4n) is 4.43. The van der Waals surface area contributed by atoms with Crippen LogP contribution in [0.4, 0.5) is 25.0 Å². The number of carbonyl (C=O) groups excluding carboxylic acids is 2. The first-order valence-electron chi connectivity index (χ1n) is 10.7. The lowest BCUT2D eigenvalue weighted by Crippen LogP contribution is -2.51. The molecule has 5 rings (SSSR count). The average molecular weight is 482 g/mol. The minimum Gasteiger partial charge on any atom is -0.497 e. The van der Waals surface area contributed by atoms with Crippen LogP contribution in [0.15, 0.2) is 66.7 Å². The molecule has 2 heterocycles. The Morgan fingerprint density at radius 3 is 2.59 bits per heavy atom. The van der Waals surface area contributed by atoms with Crippen molar-refractivity contribution in [2.75, 3.05) is 29.6 Å². The smallest absolute Gasteiger partial charge is 0.323 e. The van der Waals surface area contributed by atoms with Crippen molar-refractivity contribution in [3.8, 4) is 5.75 Å². The Balaban J connectivity index is 1.50. The van der Waals surface area contributed by atoms with E-state index < -0.39 is 22.5 Å². The molecule has 0 saturated carbocycles. The van der Waals surface area contributed by atoms with E-state index in [2.05, 4.69) is 5.32 Å². The monoisotopic (exact) mass is 481 g/mol. The van der Waals surface area contributed by atoms with E-state index in [-0.39, 0.29) is 12.5 Å². The number of halogens is 2. The van der Waals surface area contributed by atoms with Crippen molar-refractivity contribution in [1.82, 2.24) is 4.90 Å². The van der Waals surface area contributed by atoms with Crippen molar-refractivity contribution in [2.45, 2.75) is 11.4 Å². The first-order chi connectivity index (χ1) is 16.4. The Labute approximate surface area is 199 Å². The van der Waals surface area contributed by atoms with E-state index in [0.29, 0.717) is 40.5 Å². The highest BCUT2D eigenvalue weighted by Gasteiger charge is 2.59. The number of urea groups is 1. The molecule has 3 aromatic carbocycles. The molecule has 3 aromatic rings. The molecule has 1 fully saturated rings. The van der Waals surface area contributed by atoms with Gasteiger partial charge in [0.15, 0.2) is 4.87 Å². The summed E-state index contributed by atoms with van der Waals surface area (Å²) in [6, 6.07) is 16.5. The number of thioether (sulfide) groups is 1. The highest BCUT2D eigenvalue weighted by atomic mass is 32.2. The van der Waals surface area contributed by atoms with E-state index >= 15 is 0 Å². The van der Waals surface area contributed by atoms with Gasteiger partial charge in [-0.2, -0.15) is 0 Å². The number of nitrogens with zero attached hydrogens (tertiary/aromatic N) is 2. The van der Waals surface area contributed by atoms with Crippen LogP contribution in [0.25, 0.3) is 0 Å². The highest BCUT2D eigenvalue weighted by Crippen LogP contribution is 2.54. The zero-order valence-electron chi connectivity index (χ0n) is 18.3. The van der Waals surface area contributed by atoms with Crippen LogP contribution in [0, 0.1) is 11.6 Å². The van der Waals surface area contributed by atoms with Gasteiger partial charge in [0, 0.05) is 23.5 Å². The zero-order valence-corrected chi connectivity index (χ0v) is 19.1. The van der Waals surface area contributed by atoms with Crippen molar-refractivity contribution >= 4 is 35.1 Å². The summed E-state index contributed by atoms with van der Waals surface area (Å²) >= 11 is 1.30. The molecule has 2 aliphatic rings. The van der Waals surface area contributed by atoms with E-state index in [0.717, 1.165) is 0 Å². The number of fused-ring (bicyclic) bond motifs is 2. The number of methoxy groups -OCH3 is 1. The van der Waals surface area contributed by atoms with Crippen LogP contribution in [0.1, 0.15) is 11.1 Å². The molecule has 0 aromatic heterocycles. The van der Waals surface area contributed by atoms with Crippen molar-refractivity contribution in [1.29, 1.82) is 0 Å². The van der Waals surface area contributed by atoms with Gasteiger partial charge in [-0.1, -0.05) is 12.1 Å². The molecule has 9 heteroatoms. The lowest BCUT2D eigenvalue weighted by atomic mass is 10.1. The van der Waals surface area contributed by atoms with Gasteiger partial charge >= 0.3 is 6.03 Å². The Hall–Kier alpha value is -3.59. The number of rotatable bonds is 4. The van der Waals surface area contributed by atoms with Crippen LogP contribution >= 0.6 is 11.8 Å². The van der Waals surface area contributed by atoms with Gasteiger partial charge in [0.25, 0.3) is 5.91 Å². The summed E-state index contributed by atoms with van der Waals surface area (Å²) in [6.07, 6.45) is 0. The third-order valence-electron chi connectivity index (χ3n) is 5.97. The molecule has 1 atom stereocenters. The van der Waals surface area contributed by atoms with Crippen molar-refractivity contribution in [2.24, 2.45) is 0 Å². The number of benzene rings is 3. The average Bonchev–Trinajstić information content (AvgIpc) is 3.37. The maximum absolute atomic E-state index is 14.4. The van der Waals surface area contributed by atoms with E-state index in [1.807, 2.05) is 0 Å². The molecule has 1 N–H and O–H groups in total. The third-order valence-corrected chi connectivity index (χ3v) is 7.39. The molecule has 34 heavy (non-hydrogen) atoms. The lowest BCUT2D eigenvalue weighted by molar-refractivity contribution is -0.123. The Bertz CT molecular complexity index is 1270. The molecular weight excluding hydrogens is 460 g/mol. The summed E-state index contributed by atoms with van der Waals surface area (Å²) in [6.45, 7) is 0.410. The molecule has 0 aliphatic carbocycles. The van der Waals surface area contributed by atoms with Crippen molar-refractivity contribution in [3.63, 3.8) is 0 Å². The van der Waals surface area contributed by atoms with Gasteiger partial charge in [-0.25, -0.2) is 13.6 Å². The number of anilines is 2. The number of carbonyl (C=O) groups is 2. The van der Waals surface area contributed by atoms with Crippen LogP contribution in [0.3, 0.4) is 0 Å². The van der Waals surface area contributed by atoms with Crippen LogP contribution in [-0.2, 0) is 16.2 Å². The quantitative estimate of drug-likeness (QED) is 0.573. The second kappa shape index (κ2) is 8.64. The largest absolute Gasteiger partial charge is 0.497 e. The molecule has 0 unspecified atom stereocenters. The second-order valence-corrected chi connectivity index (χ2v) is 9.27. The maximum Gasteiger partial charge on any atom is 0.323 e. The molecule has 0 radical (unpaired) electrons. The third kappa shape index (κ3) is 3.66. The number of nitrogens with one attached hydrogen (secondary N) is 1. The molecule has 0 bridgehead atoms. The Morgan fingerprint density at radius 1 is 1.09 bits per heavy atom. The molecular formula is C25H21F2N3O3S. The second-order valence-electron chi connectivity index (χ2n) is 7.99.